The average Bonchev–Trinajstić information content (AvgIpc) is 3.17. The highest BCUT2D eigenvalue weighted by molar-refractivity contribution is 6.01. The van der Waals surface area contributed by atoms with Crippen molar-refractivity contribution in [2.45, 2.75) is 20.3 Å². The van der Waals surface area contributed by atoms with Gasteiger partial charge in [0, 0.05) is 74.0 Å². The molecular formula is C26H31N5O. The number of nitrogens with zero attached hydrogens (tertiary/aromatic N) is 4. The van der Waals surface area contributed by atoms with Crippen molar-refractivity contribution in [3.8, 4) is 11.1 Å². The summed E-state index contributed by atoms with van der Waals surface area (Å²) in [5, 5.41) is 8.79. The lowest BCUT2D eigenvalue weighted by molar-refractivity contribution is -0.129. The summed E-state index contributed by atoms with van der Waals surface area (Å²) in [6.45, 7) is 6.81. The van der Waals surface area contributed by atoms with Gasteiger partial charge in [0.2, 0.25) is 5.91 Å². The van der Waals surface area contributed by atoms with Crippen LogP contribution in [-0.2, 0) is 11.8 Å². The van der Waals surface area contributed by atoms with Gasteiger partial charge in [-0.2, -0.15) is 0 Å². The van der Waals surface area contributed by atoms with Crippen LogP contribution >= 0.6 is 0 Å². The average molecular weight is 430 g/mol. The van der Waals surface area contributed by atoms with Crippen LogP contribution in [0.1, 0.15) is 20.3 Å². The Morgan fingerprint density at radius 2 is 1.78 bits per heavy atom. The molecule has 2 aromatic carbocycles. The number of aryl methyl sites for hydroxylation is 1. The number of fused-ring (bicyclic) bond motifs is 1. The fourth-order valence-corrected chi connectivity index (χ4v) is 4.36. The molecule has 0 radical (unpaired) electrons. The van der Waals surface area contributed by atoms with E-state index in [4.69, 9.17) is 5.41 Å². The fourth-order valence-electron chi connectivity index (χ4n) is 4.36. The van der Waals surface area contributed by atoms with E-state index in [-0.39, 0.29) is 12.5 Å². The molecule has 1 fully saturated rings. The van der Waals surface area contributed by atoms with Crippen LogP contribution in [0.15, 0.2) is 59.7 Å². The van der Waals surface area contributed by atoms with Crippen LogP contribution in [0.5, 0.6) is 0 Å². The number of para-hydroxylation sites is 1. The highest BCUT2D eigenvalue weighted by atomic mass is 16.2. The van der Waals surface area contributed by atoms with Crippen LogP contribution in [-0.4, -0.2) is 59.5 Å². The number of carbonyl (C=O) groups is 1. The molecule has 0 saturated carbocycles. The highest BCUT2D eigenvalue weighted by Gasteiger charge is 2.22. The van der Waals surface area contributed by atoms with E-state index in [9.17, 15) is 4.79 Å². The monoisotopic (exact) mass is 429 g/mol. The van der Waals surface area contributed by atoms with E-state index < -0.39 is 0 Å². The summed E-state index contributed by atoms with van der Waals surface area (Å²) in [7, 11) is 2.08. The number of amides is 1. The van der Waals surface area contributed by atoms with E-state index in [1.165, 1.54) is 27.7 Å². The Balaban J connectivity index is 1.46. The summed E-state index contributed by atoms with van der Waals surface area (Å²) in [6, 6.07) is 17.3. The molecule has 0 spiro atoms. The molecule has 1 saturated heterocycles. The van der Waals surface area contributed by atoms with Crippen molar-refractivity contribution in [2.24, 2.45) is 12.0 Å². The minimum absolute atomic E-state index is 0.0640. The first-order valence-corrected chi connectivity index (χ1v) is 11.1. The van der Waals surface area contributed by atoms with E-state index >= 15 is 0 Å². The molecule has 0 unspecified atom stereocenters. The number of aromatic nitrogens is 1. The van der Waals surface area contributed by atoms with Crippen molar-refractivity contribution in [1.82, 2.24) is 9.47 Å². The Kier molecular flexibility index (Phi) is 6.40. The maximum Gasteiger partial charge on any atom is 0.244 e. The lowest BCUT2D eigenvalue weighted by Gasteiger charge is -2.37. The number of hydrogen-bond donors (Lipinski definition) is 1. The van der Waals surface area contributed by atoms with Gasteiger partial charge in [-0.05, 0) is 43.0 Å². The maximum absolute atomic E-state index is 12.6. The van der Waals surface area contributed by atoms with Gasteiger partial charge in [-0.15, -0.1) is 0 Å². The molecule has 4 rings (SSSR count). The topological polar surface area (TPSA) is 64.7 Å². The second-order valence-corrected chi connectivity index (χ2v) is 8.59. The van der Waals surface area contributed by atoms with Crippen LogP contribution < -0.4 is 4.90 Å². The molecule has 0 bridgehead atoms. The molecule has 0 atom stereocenters. The lowest BCUT2D eigenvalue weighted by atomic mass is 10.0. The quantitative estimate of drug-likeness (QED) is 0.591. The number of rotatable bonds is 6. The number of anilines is 1. The Morgan fingerprint density at radius 1 is 1.03 bits per heavy atom. The lowest BCUT2D eigenvalue weighted by Crippen LogP contribution is -2.49. The molecule has 3 aromatic rings. The summed E-state index contributed by atoms with van der Waals surface area (Å²) in [5.41, 5.74) is 6.27. The first-order valence-electron chi connectivity index (χ1n) is 11.1. The van der Waals surface area contributed by atoms with E-state index in [0.717, 1.165) is 18.8 Å². The van der Waals surface area contributed by atoms with Gasteiger partial charge in [0.25, 0.3) is 0 Å². The van der Waals surface area contributed by atoms with Gasteiger partial charge in [-0.3, -0.25) is 9.79 Å². The number of hydrogen-bond acceptors (Lipinski definition) is 4. The summed E-state index contributed by atoms with van der Waals surface area (Å²) in [5.74, 6) is 0.0640. The molecule has 2 heterocycles. The number of benzene rings is 2. The van der Waals surface area contributed by atoms with Crippen molar-refractivity contribution in [3.63, 3.8) is 0 Å². The Hall–Kier alpha value is -3.41. The van der Waals surface area contributed by atoms with Gasteiger partial charge in [-0.1, -0.05) is 30.3 Å². The third kappa shape index (κ3) is 4.74. The van der Waals surface area contributed by atoms with Crippen LogP contribution in [0.3, 0.4) is 0 Å². The summed E-state index contributed by atoms with van der Waals surface area (Å²) in [4.78, 5) is 21.2. The van der Waals surface area contributed by atoms with E-state index in [1.807, 2.05) is 11.8 Å². The van der Waals surface area contributed by atoms with Crippen LogP contribution in [0.4, 0.5) is 5.69 Å². The highest BCUT2D eigenvalue weighted by Crippen LogP contribution is 2.33. The molecule has 0 aliphatic carbocycles. The minimum Gasteiger partial charge on any atom is -0.367 e. The Morgan fingerprint density at radius 3 is 2.53 bits per heavy atom. The van der Waals surface area contributed by atoms with Gasteiger partial charge in [0.05, 0.1) is 0 Å². The van der Waals surface area contributed by atoms with Crippen molar-refractivity contribution in [3.05, 3.63) is 54.7 Å². The molecular weight excluding hydrogens is 398 g/mol. The number of nitrogens with one attached hydrogen (secondary N) is 1. The predicted octanol–water partition coefficient (Wildman–Crippen LogP) is 4.38. The zero-order valence-electron chi connectivity index (χ0n) is 19.1. The Labute approximate surface area is 189 Å². The molecule has 1 aliphatic rings. The molecule has 1 amide bonds. The number of piperazine rings is 1. The van der Waals surface area contributed by atoms with E-state index in [2.05, 4.69) is 76.2 Å². The molecule has 6 heteroatoms. The third-order valence-corrected chi connectivity index (χ3v) is 6.08. The standard InChI is InChI=1S/C26H31N5O/c1-19(27)16-20(2)28-18-26(32)31-14-12-30(13-15-31)24-7-5-4-6-23(24)22-9-8-21-10-11-29(3)25(21)17-22/h4-11,17,27H,12-16,18H2,1-3H3. The van der Waals surface area contributed by atoms with Gasteiger partial charge in [0.15, 0.2) is 0 Å². The second-order valence-electron chi connectivity index (χ2n) is 8.59. The van der Waals surface area contributed by atoms with E-state index in [0.29, 0.717) is 25.2 Å². The van der Waals surface area contributed by atoms with Gasteiger partial charge in [0.1, 0.15) is 6.54 Å². The SMILES string of the molecule is CC(=N)CC(C)=NCC(=O)N1CCN(c2ccccc2-c2ccc3ccn(C)c3c2)CC1. The zero-order valence-corrected chi connectivity index (χ0v) is 19.1. The van der Waals surface area contributed by atoms with Crippen molar-refractivity contribution in [2.75, 3.05) is 37.6 Å². The summed E-state index contributed by atoms with van der Waals surface area (Å²) >= 11 is 0. The predicted molar refractivity (Wildman–Crippen MR) is 133 cm³/mol. The van der Waals surface area contributed by atoms with Crippen molar-refractivity contribution < 1.29 is 4.79 Å². The Bertz CT molecular complexity index is 1170. The fraction of sp³-hybridized carbons (Fsp3) is 0.346. The van der Waals surface area contributed by atoms with Gasteiger partial charge in [-0.25, -0.2) is 0 Å². The van der Waals surface area contributed by atoms with Crippen LogP contribution in [0.25, 0.3) is 22.0 Å². The maximum atomic E-state index is 12.6. The first kappa shape index (κ1) is 21.8. The third-order valence-electron chi connectivity index (χ3n) is 6.08. The largest absolute Gasteiger partial charge is 0.367 e. The zero-order chi connectivity index (χ0) is 22.7. The van der Waals surface area contributed by atoms with Crippen LogP contribution in [0, 0.1) is 5.41 Å². The molecule has 6 nitrogen and oxygen atoms in total. The number of aliphatic imine (C=N–C) groups is 1. The van der Waals surface area contributed by atoms with Crippen molar-refractivity contribution in [1.29, 1.82) is 5.41 Å². The van der Waals surface area contributed by atoms with Crippen LogP contribution in [0.2, 0.25) is 0 Å². The van der Waals surface area contributed by atoms with E-state index in [1.54, 1.807) is 6.92 Å². The summed E-state index contributed by atoms with van der Waals surface area (Å²) in [6.07, 6.45) is 2.63. The smallest absolute Gasteiger partial charge is 0.244 e. The molecule has 1 aromatic heterocycles. The minimum atomic E-state index is 0.0640. The molecule has 1 N–H and O–H groups in total. The molecule has 1 aliphatic heterocycles. The normalized spacial score (nSPS) is 14.8. The van der Waals surface area contributed by atoms with Crippen molar-refractivity contribution >= 4 is 33.9 Å². The van der Waals surface area contributed by atoms with Gasteiger partial charge < -0.3 is 19.8 Å². The van der Waals surface area contributed by atoms with Gasteiger partial charge >= 0.3 is 0 Å². The first-order chi connectivity index (χ1) is 15.4. The summed E-state index contributed by atoms with van der Waals surface area (Å²) < 4.78 is 2.15. The number of carbonyl (C=O) groups excluding carboxylic acids is 1. The molecule has 32 heavy (non-hydrogen) atoms. The second kappa shape index (κ2) is 9.39. The molecule has 166 valence electrons.